The summed E-state index contributed by atoms with van der Waals surface area (Å²) in [5, 5.41) is 10.7. The number of halogens is 2. The molecule has 1 aromatic heterocycles. The molecule has 5 nitrogen and oxygen atoms in total. The molecule has 7 heteroatoms. The van der Waals surface area contributed by atoms with E-state index in [0.717, 1.165) is 36.9 Å². The highest BCUT2D eigenvalue weighted by molar-refractivity contribution is 6.30. The van der Waals surface area contributed by atoms with Crippen LogP contribution in [0.4, 0.5) is 0 Å². The van der Waals surface area contributed by atoms with Crippen LogP contribution in [0, 0.1) is 0 Å². The summed E-state index contributed by atoms with van der Waals surface area (Å²) in [6.07, 6.45) is 3.80. The molecule has 0 saturated heterocycles. The van der Waals surface area contributed by atoms with Gasteiger partial charge in [0.25, 0.3) is 5.91 Å². The SMILES string of the molecule is Cl.NC1CCC(NC(=O)c2cc(-c3ccc(Cl)cc3)n[nH]2)CC1. The molecule has 124 valence electrons. The molecule has 1 saturated carbocycles. The van der Waals surface area contributed by atoms with E-state index in [0.29, 0.717) is 10.7 Å². The summed E-state index contributed by atoms with van der Waals surface area (Å²) in [4.78, 5) is 12.3. The highest BCUT2D eigenvalue weighted by Gasteiger charge is 2.21. The van der Waals surface area contributed by atoms with E-state index in [1.807, 2.05) is 12.1 Å². The number of aromatic amines is 1. The Morgan fingerprint density at radius 1 is 1.22 bits per heavy atom. The number of nitrogens with one attached hydrogen (secondary N) is 2. The first-order chi connectivity index (χ1) is 10.6. The van der Waals surface area contributed by atoms with Gasteiger partial charge in [-0.2, -0.15) is 5.10 Å². The Hall–Kier alpha value is -1.56. The monoisotopic (exact) mass is 354 g/mol. The molecule has 1 amide bonds. The van der Waals surface area contributed by atoms with Crippen molar-refractivity contribution in [3.05, 3.63) is 41.0 Å². The van der Waals surface area contributed by atoms with Crippen molar-refractivity contribution in [1.82, 2.24) is 15.5 Å². The van der Waals surface area contributed by atoms with Crippen molar-refractivity contribution in [3.63, 3.8) is 0 Å². The van der Waals surface area contributed by atoms with Gasteiger partial charge < -0.3 is 11.1 Å². The van der Waals surface area contributed by atoms with E-state index in [9.17, 15) is 4.79 Å². The number of carbonyl (C=O) groups excluding carboxylic acids is 1. The highest BCUT2D eigenvalue weighted by Crippen LogP contribution is 2.21. The third-order valence-corrected chi connectivity index (χ3v) is 4.32. The normalized spacial score (nSPS) is 20.6. The van der Waals surface area contributed by atoms with Crippen LogP contribution in [-0.4, -0.2) is 28.2 Å². The van der Waals surface area contributed by atoms with E-state index < -0.39 is 0 Å². The molecule has 23 heavy (non-hydrogen) atoms. The number of hydrogen-bond acceptors (Lipinski definition) is 3. The standard InChI is InChI=1S/C16H19ClN4O.ClH/c17-11-3-1-10(2-4-11)14-9-15(21-20-14)16(22)19-13-7-5-12(18)6-8-13;/h1-4,9,12-13H,5-8,18H2,(H,19,22)(H,20,21);1H. The third kappa shape index (κ3) is 4.47. The smallest absolute Gasteiger partial charge is 0.269 e. The molecule has 2 aromatic rings. The zero-order valence-electron chi connectivity index (χ0n) is 12.6. The van der Waals surface area contributed by atoms with Crippen molar-refractivity contribution in [1.29, 1.82) is 0 Å². The average molecular weight is 355 g/mol. The lowest BCUT2D eigenvalue weighted by atomic mass is 9.92. The molecule has 1 heterocycles. The van der Waals surface area contributed by atoms with E-state index in [1.165, 1.54) is 0 Å². The molecule has 0 aliphatic heterocycles. The number of nitrogens with zero attached hydrogens (tertiary/aromatic N) is 1. The molecule has 0 radical (unpaired) electrons. The minimum atomic E-state index is -0.117. The number of rotatable bonds is 3. The number of aromatic nitrogens is 2. The molecule has 0 spiro atoms. The van der Waals surface area contributed by atoms with Crippen LogP contribution in [0.3, 0.4) is 0 Å². The van der Waals surface area contributed by atoms with Crippen LogP contribution in [0.15, 0.2) is 30.3 Å². The van der Waals surface area contributed by atoms with Gasteiger partial charge in [0.15, 0.2) is 0 Å². The Morgan fingerprint density at radius 3 is 2.52 bits per heavy atom. The van der Waals surface area contributed by atoms with Crippen LogP contribution in [0.5, 0.6) is 0 Å². The molecule has 1 aliphatic carbocycles. The van der Waals surface area contributed by atoms with Gasteiger partial charge in [-0.05, 0) is 43.9 Å². The minimum absolute atomic E-state index is 0. The summed E-state index contributed by atoms with van der Waals surface area (Å²) >= 11 is 5.87. The Balaban J connectivity index is 0.00000192. The second kappa shape index (κ2) is 7.81. The summed E-state index contributed by atoms with van der Waals surface area (Å²) in [5.41, 5.74) is 8.00. The molecule has 1 aromatic carbocycles. The van der Waals surface area contributed by atoms with Crippen LogP contribution < -0.4 is 11.1 Å². The summed E-state index contributed by atoms with van der Waals surface area (Å²) in [5.74, 6) is -0.117. The lowest BCUT2D eigenvalue weighted by molar-refractivity contribution is 0.0921. The molecule has 0 bridgehead atoms. The van der Waals surface area contributed by atoms with Crippen LogP contribution >= 0.6 is 24.0 Å². The van der Waals surface area contributed by atoms with Gasteiger partial charge in [0.05, 0.1) is 5.69 Å². The Labute approximate surface area is 146 Å². The first kappa shape index (κ1) is 17.8. The van der Waals surface area contributed by atoms with Crippen molar-refractivity contribution < 1.29 is 4.79 Å². The second-order valence-corrected chi connectivity index (χ2v) is 6.20. The zero-order valence-corrected chi connectivity index (χ0v) is 14.2. The van der Waals surface area contributed by atoms with E-state index in [1.54, 1.807) is 18.2 Å². The molecule has 1 aliphatic rings. The van der Waals surface area contributed by atoms with Crippen molar-refractivity contribution in [2.24, 2.45) is 5.73 Å². The first-order valence-corrected chi connectivity index (χ1v) is 7.87. The minimum Gasteiger partial charge on any atom is -0.348 e. The largest absolute Gasteiger partial charge is 0.348 e. The Morgan fingerprint density at radius 2 is 1.87 bits per heavy atom. The Kier molecular flexibility index (Phi) is 6.04. The lowest BCUT2D eigenvalue weighted by Crippen LogP contribution is -2.40. The van der Waals surface area contributed by atoms with Crippen molar-refractivity contribution in [2.45, 2.75) is 37.8 Å². The fourth-order valence-corrected chi connectivity index (χ4v) is 2.86. The summed E-state index contributed by atoms with van der Waals surface area (Å²) in [6.45, 7) is 0. The number of hydrogen-bond donors (Lipinski definition) is 3. The number of amides is 1. The van der Waals surface area contributed by atoms with Gasteiger partial charge in [-0.3, -0.25) is 9.89 Å². The van der Waals surface area contributed by atoms with Gasteiger partial charge in [0.1, 0.15) is 5.69 Å². The van der Waals surface area contributed by atoms with E-state index in [-0.39, 0.29) is 30.4 Å². The number of nitrogens with two attached hydrogens (primary N) is 1. The maximum Gasteiger partial charge on any atom is 0.269 e. The van der Waals surface area contributed by atoms with E-state index in [4.69, 9.17) is 17.3 Å². The molecule has 1 fully saturated rings. The van der Waals surface area contributed by atoms with Gasteiger partial charge in [0.2, 0.25) is 0 Å². The lowest BCUT2D eigenvalue weighted by Gasteiger charge is -2.26. The third-order valence-electron chi connectivity index (χ3n) is 4.07. The van der Waals surface area contributed by atoms with Crippen molar-refractivity contribution in [3.8, 4) is 11.3 Å². The first-order valence-electron chi connectivity index (χ1n) is 7.49. The van der Waals surface area contributed by atoms with Crippen LogP contribution in [0.1, 0.15) is 36.2 Å². The van der Waals surface area contributed by atoms with Gasteiger partial charge in [-0.15, -0.1) is 12.4 Å². The number of carbonyl (C=O) groups is 1. The van der Waals surface area contributed by atoms with Crippen LogP contribution in [-0.2, 0) is 0 Å². The highest BCUT2D eigenvalue weighted by atomic mass is 35.5. The Bertz CT molecular complexity index is 648. The van der Waals surface area contributed by atoms with E-state index in [2.05, 4.69) is 15.5 Å². The predicted octanol–water partition coefficient (Wildman–Crippen LogP) is 3.15. The number of benzene rings is 1. The number of H-pyrrole nitrogens is 1. The quantitative estimate of drug-likeness (QED) is 0.791. The fraction of sp³-hybridized carbons (Fsp3) is 0.375. The fourth-order valence-electron chi connectivity index (χ4n) is 2.73. The predicted molar refractivity (Wildman–Crippen MR) is 94.0 cm³/mol. The molecular formula is C16H20Cl2N4O. The van der Waals surface area contributed by atoms with Crippen LogP contribution in [0.2, 0.25) is 5.02 Å². The summed E-state index contributed by atoms with van der Waals surface area (Å²) < 4.78 is 0. The van der Waals surface area contributed by atoms with Gasteiger partial charge in [-0.25, -0.2) is 0 Å². The molecule has 0 atom stereocenters. The van der Waals surface area contributed by atoms with Crippen molar-refractivity contribution in [2.75, 3.05) is 0 Å². The topological polar surface area (TPSA) is 83.8 Å². The second-order valence-electron chi connectivity index (χ2n) is 5.76. The molecule has 3 rings (SSSR count). The maximum absolute atomic E-state index is 12.3. The van der Waals surface area contributed by atoms with Crippen molar-refractivity contribution >= 4 is 29.9 Å². The van der Waals surface area contributed by atoms with Gasteiger partial charge >= 0.3 is 0 Å². The zero-order chi connectivity index (χ0) is 15.5. The summed E-state index contributed by atoms with van der Waals surface area (Å²) in [6, 6.07) is 9.59. The molecule has 0 unspecified atom stereocenters. The molecule has 4 N–H and O–H groups in total. The van der Waals surface area contributed by atoms with Gasteiger partial charge in [-0.1, -0.05) is 23.7 Å². The van der Waals surface area contributed by atoms with E-state index >= 15 is 0 Å². The molecular weight excluding hydrogens is 335 g/mol. The van der Waals surface area contributed by atoms with Gasteiger partial charge in [0, 0.05) is 22.7 Å². The summed E-state index contributed by atoms with van der Waals surface area (Å²) in [7, 11) is 0. The van der Waals surface area contributed by atoms with Crippen LogP contribution in [0.25, 0.3) is 11.3 Å². The average Bonchev–Trinajstić information content (AvgIpc) is 3.00. The maximum atomic E-state index is 12.3.